The van der Waals surface area contributed by atoms with Crippen molar-refractivity contribution in [2.45, 2.75) is 59.3 Å². The van der Waals surface area contributed by atoms with Crippen LogP contribution >= 0.6 is 0 Å². The van der Waals surface area contributed by atoms with Crippen LogP contribution in [0.3, 0.4) is 0 Å². The predicted molar refractivity (Wildman–Crippen MR) is 82.4 cm³/mol. The third kappa shape index (κ3) is 26.5. The van der Waals surface area contributed by atoms with Crippen molar-refractivity contribution in [2.75, 3.05) is 19.6 Å². The summed E-state index contributed by atoms with van der Waals surface area (Å²) in [5.74, 6) is -0.833. The van der Waals surface area contributed by atoms with Gasteiger partial charge < -0.3 is 15.7 Å². The van der Waals surface area contributed by atoms with E-state index in [0.717, 1.165) is 32.3 Å². The van der Waals surface area contributed by atoms with Crippen LogP contribution in [0.5, 0.6) is 0 Å². The molecule has 0 heterocycles. The summed E-state index contributed by atoms with van der Waals surface area (Å²) in [5.41, 5.74) is 1.13. The van der Waals surface area contributed by atoms with Crippen molar-refractivity contribution in [1.82, 2.24) is 10.6 Å². The molecule has 0 aromatic heterocycles. The highest BCUT2D eigenvalue weighted by molar-refractivity contribution is 5.62. The number of hydrogen-bond acceptors (Lipinski definition) is 3. The van der Waals surface area contributed by atoms with Crippen molar-refractivity contribution in [3.05, 3.63) is 12.3 Å². The molecule has 0 fully saturated rings. The fourth-order valence-electron chi connectivity index (χ4n) is 1.44. The summed E-state index contributed by atoms with van der Waals surface area (Å²) in [5, 5.41) is 14.2. The van der Waals surface area contributed by atoms with Crippen LogP contribution in [0.15, 0.2) is 12.3 Å². The second-order valence-electron chi connectivity index (χ2n) is 4.64. The number of aliphatic carboxylic acids is 1. The molecule has 4 nitrogen and oxygen atoms in total. The molecular weight excluding hydrogens is 240 g/mol. The van der Waals surface area contributed by atoms with Gasteiger partial charge in [0.2, 0.25) is 0 Å². The average Bonchev–Trinajstić information content (AvgIpc) is 2.34. The zero-order valence-electron chi connectivity index (χ0n) is 12.9. The molecule has 114 valence electrons. The molecule has 19 heavy (non-hydrogen) atoms. The number of carboxylic acids is 1. The maximum absolute atomic E-state index is 9.00. The highest BCUT2D eigenvalue weighted by atomic mass is 16.4. The van der Waals surface area contributed by atoms with Crippen LogP contribution in [-0.2, 0) is 4.79 Å². The predicted octanol–water partition coefficient (Wildman–Crippen LogP) is 3.15. The monoisotopic (exact) mass is 272 g/mol. The zero-order chi connectivity index (χ0) is 14.9. The lowest BCUT2D eigenvalue weighted by Gasteiger charge is -2.10. The van der Waals surface area contributed by atoms with Gasteiger partial charge in [0.25, 0.3) is 5.97 Å². The molecule has 3 N–H and O–H groups in total. The molecule has 0 saturated heterocycles. The van der Waals surface area contributed by atoms with Gasteiger partial charge in [-0.3, -0.25) is 4.79 Å². The highest BCUT2D eigenvalue weighted by Crippen LogP contribution is 1.93. The molecule has 0 aliphatic carbocycles. The Bertz CT molecular complexity index is 214. The van der Waals surface area contributed by atoms with E-state index in [1.165, 1.54) is 38.5 Å². The molecule has 4 heteroatoms. The maximum Gasteiger partial charge on any atom is 0.300 e. The van der Waals surface area contributed by atoms with Gasteiger partial charge in [-0.25, -0.2) is 0 Å². The van der Waals surface area contributed by atoms with Crippen molar-refractivity contribution in [3.8, 4) is 0 Å². The van der Waals surface area contributed by atoms with E-state index in [-0.39, 0.29) is 0 Å². The lowest BCUT2D eigenvalue weighted by molar-refractivity contribution is -0.134. The normalized spacial score (nSPS) is 9.42. The first-order chi connectivity index (χ1) is 9.04. The third-order valence-electron chi connectivity index (χ3n) is 2.45. The number of unbranched alkanes of at least 4 members (excludes halogenated alkanes) is 4. The lowest BCUT2D eigenvalue weighted by atomic mass is 10.2. The summed E-state index contributed by atoms with van der Waals surface area (Å²) in [6.07, 6.45) is 7.74. The number of carboxylic acid groups (broad SMARTS) is 1. The van der Waals surface area contributed by atoms with Crippen LogP contribution in [0, 0.1) is 0 Å². The first kappa shape index (κ1) is 20.3. The van der Waals surface area contributed by atoms with Gasteiger partial charge in [0.05, 0.1) is 0 Å². The Morgan fingerprint density at radius 2 is 1.53 bits per heavy atom. The minimum absolute atomic E-state index is 0.833. The molecule has 0 aliphatic rings. The van der Waals surface area contributed by atoms with Crippen LogP contribution in [-0.4, -0.2) is 30.7 Å². The van der Waals surface area contributed by atoms with Crippen LogP contribution in [0.4, 0.5) is 0 Å². The smallest absolute Gasteiger partial charge is 0.300 e. The summed E-state index contributed by atoms with van der Waals surface area (Å²) in [6, 6.07) is 0. The Kier molecular flexibility index (Phi) is 18.1. The summed E-state index contributed by atoms with van der Waals surface area (Å²) >= 11 is 0. The minimum atomic E-state index is -0.833. The van der Waals surface area contributed by atoms with Gasteiger partial charge in [0, 0.05) is 25.7 Å². The fourth-order valence-corrected chi connectivity index (χ4v) is 1.44. The quantitative estimate of drug-likeness (QED) is 0.506. The maximum atomic E-state index is 9.00. The zero-order valence-corrected chi connectivity index (χ0v) is 12.9. The van der Waals surface area contributed by atoms with Crippen molar-refractivity contribution in [1.29, 1.82) is 0 Å². The molecular formula is C15H32N2O2. The van der Waals surface area contributed by atoms with E-state index in [4.69, 9.17) is 9.90 Å². The van der Waals surface area contributed by atoms with Gasteiger partial charge in [-0.15, -0.1) is 0 Å². The topological polar surface area (TPSA) is 61.4 Å². The Balaban J connectivity index is 0. The van der Waals surface area contributed by atoms with E-state index in [1.54, 1.807) is 0 Å². The van der Waals surface area contributed by atoms with Crippen LogP contribution in [0.1, 0.15) is 59.3 Å². The minimum Gasteiger partial charge on any atom is -0.481 e. The van der Waals surface area contributed by atoms with Crippen molar-refractivity contribution < 1.29 is 9.90 Å². The van der Waals surface area contributed by atoms with E-state index >= 15 is 0 Å². The Labute approximate surface area is 118 Å². The standard InChI is InChI=1S/C13H28N2.C2H4O2/c1-4-6-8-10-14-12-13(3)15-11-9-7-5-2;1-2(3)4/h14-15H,3-12H2,1-2H3;1H3,(H,3,4). The number of rotatable bonds is 11. The molecule has 0 saturated carbocycles. The third-order valence-corrected chi connectivity index (χ3v) is 2.45. The van der Waals surface area contributed by atoms with Gasteiger partial charge in [0.15, 0.2) is 0 Å². The van der Waals surface area contributed by atoms with E-state index in [1.807, 2.05) is 0 Å². The van der Waals surface area contributed by atoms with Gasteiger partial charge >= 0.3 is 0 Å². The molecule has 0 aliphatic heterocycles. The molecule has 0 amide bonds. The highest BCUT2D eigenvalue weighted by Gasteiger charge is 1.92. The molecule has 0 atom stereocenters. The lowest BCUT2D eigenvalue weighted by Crippen LogP contribution is -2.26. The molecule has 0 unspecified atom stereocenters. The molecule has 0 radical (unpaired) electrons. The summed E-state index contributed by atoms with van der Waals surface area (Å²) in [7, 11) is 0. The van der Waals surface area contributed by atoms with E-state index in [0.29, 0.717) is 0 Å². The first-order valence-electron chi connectivity index (χ1n) is 7.36. The first-order valence-corrected chi connectivity index (χ1v) is 7.36. The molecule has 0 spiro atoms. The Morgan fingerprint density at radius 3 is 2.00 bits per heavy atom. The van der Waals surface area contributed by atoms with E-state index < -0.39 is 5.97 Å². The van der Waals surface area contributed by atoms with Crippen LogP contribution in [0.25, 0.3) is 0 Å². The second-order valence-corrected chi connectivity index (χ2v) is 4.64. The van der Waals surface area contributed by atoms with Crippen molar-refractivity contribution in [3.63, 3.8) is 0 Å². The van der Waals surface area contributed by atoms with E-state index in [9.17, 15) is 0 Å². The van der Waals surface area contributed by atoms with Crippen LogP contribution < -0.4 is 10.6 Å². The number of hydrogen-bond donors (Lipinski definition) is 3. The van der Waals surface area contributed by atoms with Crippen molar-refractivity contribution >= 4 is 5.97 Å². The Hall–Kier alpha value is -1.03. The van der Waals surface area contributed by atoms with Gasteiger partial charge in [-0.05, 0) is 19.4 Å². The summed E-state index contributed by atoms with van der Waals surface area (Å²) in [6.45, 7) is 12.6. The number of carbonyl (C=O) groups is 1. The average molecular weight is 272 g/mol. The van der Waals surface area contributed by atoms with Gasteiger partial charge in [0.1, 0.15) is 0 Å². The Morgan fingerprint density at radius 1 is 1.05 bits per heavy atom. The van der Waals surface area contributed by atoms with Gasteiger partial charge in [-0.1, -0.05) is 46.1 Å². The molecule has 0 rings (SSSR count). The SMILES string of the molecule is C=C(CNCCCCC)NCCCCC.CC(=O)O. The van der Waals surface area contributed by atoms with E-state index in [2.05, 4.69) is 31.1 Å². The largest absolute Gasteiger partial charge is 0.481 e. The summed E-state index contributed by atoms with van der Waals surface area (Å²) in [4.78, 5) is 9.00. The van der Waals surface area contributed by atoms with Gasteiger partial charge in [-0.2, -0.15) is 0 Å². The van der Waals surface area contributed by atoms with Crippen LogP contribution in [0.2, 0.25) is 0 Å². The molecule has 0 bridgehead atoms. The number of nitrogens with one attached hydrogen (secondary N) is 2. The second kappa shape index (κ2) is 17.0. The fraction of sp³-hybridized carbons (Fsp3) is 0.800. The molecule has 0 aromatic rings. The molecule has 0 aromatic carbocycles. The summed E-state index contributed by atoms with van der Waals surface area (Å²) < 4.78 is 0. The van der Waals surface area contributed by atoms with Crippen molar-refractivity contribution in [2.24, 2.45) is 0 Å².